The van der Waals surface area contributed by atoms with Crippen LogP contribution in [0, 0.1) is 6.92 Å². The molecule has 0 bridgehead atoms. The van der Waals surface area contributed by atoms with E-state index in [9.17, 15) is 9.59 Å². The Morgan fingerprint density at radius 1 is 1.33 bits per heavy atom. The number of hydrogen-bond acceptors (Lipinski definition) is 8. The van der Waals surface area contributed by atoms with Gasteiger partial charge in [-0.25, -0.2) is 9.78 Å². The average Bonchev–Trinajstić information content (AvgIpc) is 2.90. The van der Waals surface area contributed by atoms with Crippen LogP contribution in [0.2, 0.25) is 0 Å². The van der Waals surface area contributed by atoms with Crippen LogP contribution in [-0.4, -0.2) is 33.8 Å². The van der Waals surface area contributed by atoms with E-state index in [0.29, 0.717) is 11.7 Å². The molecule has 21 heavy (non-hydrogen) atoms. The largest absolute Gasteiger partial charge is 0.464 e. The lowest BCUT2D eigenvalue weighted by Gasteiger charge is -2.01. The van der Waals surface area contributed by atoms with E-state index in [1.807, 2.05) is 6.92 Å². The minimum Gasteiger partial charge on any atom is -0.464 e. The number of anilines is 1. The summed E-state index contributed by atoms with van der Waals surface area (Å²) in [6, 6.07) is 0. The van der Waals surface area contributed by atoms with E-state index in [0.717, 1.165) is 22.7 Å². The summed E-state index contributed by atoms with van der Waals surface area (Å²) >= 11 is 1.11. The smallest absolute Gasteiger partial charge is 0.358 e. The van der Waals surface area contributed by atoms with E-state index < -0.39 is 5.97 Å². The number of rotatable bonds is 5. The fraction of sp³-hybridized carbons (Fsp3) is 0.308. The summed E-state index contributed by atoms with van der Waals surface area (Å²) in [5.74, 6) is -0.851. The van der Waals surface area contributed by atoms with Crippen LogP contribution in [0.5, 0.6) is 0 Å². The first-order chi connectivity index (χ1) is 10.0. The molecular formula is C13H14N4O3S. The highest BCUT2D eigenvalue weighted by Gasteiger charge is 2.21. The lowest BCUT2D eigenvalue weighted by Crippen LogP contribution is -2.07. The number of esters is 1. The molecule has 0 saturated heterocycles. The van der Waals surface area contributed by atoms with E-state index >= 15 is 0 Å². The number of carbonyl (C=O) groups is 2. The molecule has 2 heterocycles. The van der Waals surface area contributed by atoms with Crippen molar-refractivity contribution in [3.8, 4) is 0 Å². The third-order valence-electron chi connectivity index (χ3n) is 2.58. The Kier molecular flexibility index (Phi) is 4.59. The molecule has 2 aromatic heterocycles. The summed E-state index contributed by atoms with van der Waals surface area (Å²) in [6.07, 6.45) is 3.32. The van der Waals surface area contributed by atoms with Crippen LogP contribution in [-0.2, 0) is 11.3 Å². The molecule has 8 heteroatoms. The van der Waals surface area contributed by atoms with Gasteiger partial charge in [0.05, 0.1) is 31.2 Å². The Labute approximate surface area is 125 Å². The lowest BCUT2D eigenvalue weighted by atomic mass is 10.3. The highest BCUT2D eigenvalue weighted by Crippen LogP contribution is 2.24. The number of carbonyl (C=O) groups excluding carboxylic acids is 2. The van der Waals surface area contributed by atoms with E-state index in [-0.39, 0.29) is 16.4 Å². The highest BCUT2D eigenvalue weighted by molar-refractivity contribution is 7.17. The topological polar surface area (TPSA) is 94.1 Å². The Morgan fingerprint density at radius 3 is 2.67 bits per heavy atom. The monoisotopic (exact) mass is 306 g/mol. The molecule has 0 saturated carbocycles. The van der Waals surface area contributed by atoms with Gasteiger partial charge in [-0.1, -0.05) is 11.3 Å². The summed E-state index contributed by atoms with van der Waals surface area (Å²) in [6.45, 7) is 3.64. The van der Waals surface area contributed by atoms with E-state index in [1.165, 1.54) is 14.0 Å². The zero-order valence-electron chi connectivity index (χ0n) is 11.8. The van der Waals surface area contributed by atoms with Crippen LogP contribution in [0.1, 0.15) is 38.5 Å². The van der Waals surface area contributed by atoms with Crippen molar-refractivity contribution in [1.82, 2.24) is 15.0 Å². The molecule has 0 radical (unpaired) electrons. The van der Waals surface area contributed by atoms with Crippen molar-refractivity contribution in [3.05, 3.63) is 34.4 Å². The molecule has 0 unspecified atom stereocenters. The van der Waals surface area contributed by atoms with Crippen molar-refractivity contribution in [3.63, 3.8) is 0 Å². The second kappa shape index (κ2) is 6.40. The van der Waals surface area contributed by atoms with Crippen molar-refractivity contribution in [1.29, 1.82) is 0 Å². The summed E-state index contributed by atoms with van der Waals surface area (Å²) in [4.78, 5) is 35.8. The first-order valence-corrected chi connectivity index (χ1v) is 6.94. The Bertz CT molecular complexity index is 667. The molecule has 7 nitrogen and oxygen atoms in total. The molecule has 1 N–H and O–H groups in total. The Hall–Kier alpha value is -2.35. The second-order valence-corrected chi connectivity index (χ2v) is 5.25. The number of aryl methyl sites for hydroxylation is 1. The van der Waals surface area contributed by atoms with E-state index in [2.05, 4.69) is 25.0 Å². The number of nitrogens with zero attached hydrogens (tertiary/aromatic N) is 3. The van der Waals surface area contributed by atoms with Gasteiger partial charge in [0.25, 0.3) is 0 Å². The van der Waals surface area contributed by atoms with Gasteiger partial charge in [0.1, 0.15) is 4.88 Å². The number of thiazole rings is 1. The zero-order valence-corrected chi connectivity index (χ0v) is 12.7. The third-order valence-corrected chi connectivity index (χ3v) is 3.69. The maximum atomic E-state index is 11.6. The molecule has 0 aromatic carbocycles. The van der Waals surface area contributed by atoms with Crippen LogP contribution in [0.4, 0.5) is 5.13 Å². The first-order valence-electron chi connectivity index (χ1n) is 6.12. The molecular weight excluding hydrogens is 292 g/mol. The minimum atomic E-state index is -0.625. The number of Topliss-reactive ketones (excluding diaryl/α,β-unsaturated/α-hetero) is 1. The molecule has 0 atom stereocenters. The summed E-state index contributed by atoms with van der Waals surface area (Å²) < 4.78 is 4.62. The number of methoxy groups -OCH3 is 1. The standard InChI is InChI=1S/C13H14N4O3S/c1-7-4-15-9(5-14-7)6-16-13-17-10(12(19)20-3)11(21-13)8(2)18/h4-5H,6H2,1-3H3,(H,16,17). The molecule has 0 fully saturated rings. The predicted molar refractivity (Wildman–Crippen MR) is 77.6 cm³/mol. The van der Waals surface area contributed by atoms with Gasteiger partial charge in [-0.3, -0.25) is 14.8 Å². The van der Waals surface area contributed by atoms with Crippen molar-refractivity contribution in [2.45, 2.75) is 20.4 Å². The van der Waals surface area contributed by atoms with Crippen LogP contribution in [0.3, 0.4) is 0 Å². The first kappa shape index (κ1) is 15.0. The van der Waals surface area contributed by atoms with Crippen molar-refractivity contribution in [2.24, 2.45) is 0 Å². The maximum Gasteiger partial charge on any atom is 0.358 e. The van der Waals surface area contributed by atoms with Gasteiger partial charge in [0.15, 0.2) is 16.6 Å². The molecule has 2 aromatic rings. The number of ether oxygens (including phenoxy) is 1. The maximum absolute atomic E-state index is 11.6. The minimum absolute atomic E-state index is 0.0347. The molecule has 0 aliphatic heterocycles. The molecule has 0 aliphatic carbocycles. The van der Waals surface area contributed by atoms with Gasteiger partial charge in [-0.05, 0) is 6.92 Å². The van der Waals surface area contributed by atoms with Gasteiger partial charge in [-0.15, -0.1) is 0 Å². The van der Waals surface area contributed by atoms with Crippen LogP contribution >= 0.6 is 11.3 Å². The van der Waals surface area contributed by atoms with Crippen LogP contribution < -0.4 is 5.32 Å². The number of nitrogens with one attached hydrogen (secondary N) is 1. The van der Waals surface area contributed by atoms with Crippen LogP contribution in [0.15, 0.2) is 12.4 Å². The quantitative estimate of drug-likeness (QED) is 0.665. The van der Waals surface area contributed by atoms with Gasteiger partial charge in [0, 0.05) is 13.1 Å². The summed E-state index contributed by atoms with van der Waals surface area (Å²) in [5.41, 5.74) is 1.60. The van der Waals surface area contributed by atoms with Gasteiger partial charge in [0.2, 0.25) is 0 Å². The lowest BCUT2D eigenvalue weighted by molar-refractivity contribution is 0.0591. The number of hydrogen-bond donors (Lipinski definition) is 1. The zero-order chi connectivity index (χ0) is 15.4. The molecule has 2 rings (SSSR count). The SMILES string of the molecule is COC(=O)c1nc(NCc2cnc(C)cn2)sc1C(C)=O. The van der Waals surface area contributed by atoms with Crippen molar-refractivity contribution in [2.75, 3.05) is 12.4 Å². The second-order valence-electron chi connectivity index (χ2n) is 4.25. The molecule has 0 amide bonds. The molecule has 110 valence electrons. The Balaban J connectivity index is 2.15. The van der Waals surface area contributed by atoms with E-state index in [1.54, 1.807) is 12.4 Å². The van der Waals surface area contributed by atoms with Crippen molar-refractivity contribution < 1.29 is 14.3 Å². The Morgan fingerprint density at radius 2 is 2.10 bits per heavy atom. The fourth-order valence-corrected chi connectivity index (χ4v) is 2.39. The normalized spacial score (nSPS) is 10.2. The van der Waals surface area contributed by atoms with Crippen molar-refractivity contribution >= 4 is 28.2 Å². The van der Waals surface area contributed by atoms with Gasteiger partial charge in [-0.2, -0.15) is 0 Å². The summed E-state index contributed by atoms with van der Waals surface area (Å²) in [7, 11) is 1.25. The fourth-order valence-electron chi connectivity index (χ4n) is 1.55. The van der Waals surface area contributed by atoms with Gasteiger partial charge >= 0.3 is 5.97 Å². The molecule has 0 spiro atoms. The average molecular weight is 306 g/mol. The van der Waals surface area contributed by atoms with Gasteiger partial charge < -0.3 is 10.1 Å². The third kappa shape index (κ3) is 3.60. The van der Waals surface area contributed by atoms with Crippen LogP contribution in [0.25, 0.3) is 0 Å². The van der Waals surface area contributed by atoms with E-state index in [4.69, 9.17) is 0 Å². The highest BCUT2D eigenvalue weighted by atomic mass is 32.1. The number of aromatic nitrogens is 3. The summed E-state index contributed by atoms with van der Waals surface area (Å²) in [5, 5.41) is 3.48. The molecule has 0 aliphatic rings. The number of ketones is 1. The predicted octanol–water partition coefficient (Wildman–Crippen LogP) is 1.84.